The normalized spacial score (nSPS) is 13.1. The van der Waals surface area contributed by atoms with Crippen LogP contribution in [0.2, 0.25) is 0 Å². The molecule has 28 heavy (non-hydrogen) atoms. The molecule has 0 aliphatic rings. The van der Waals surface area contributed by atoms with E-state index in [0.717, 1.165) is 15.6 Å². The van der Waals surface area contributed by atoms with Gasteiger partial charge in [0, 0.05) is 10.0 Å². The molecule has 0 saturated carbocycles. The molecule has 1 amide bonds. The molecule has 0 fully saturated rings. The fourth-order valence-corrected chi connectivity index (χ4v) is 3.80. The van der Waals surface area contributed by atoms with E-state index in [1.165, 1.54) is 28.6 Å². The first-order chi connectivity index (χ1) is 13.4. The Balaban J connectivity index is 1.67. The Morgan fingerprint density at radius 3 is 2.54 bits per heavy atom. The van der Waals surface area contributed by atoms with Gasteiger partial charge >= 0.3 is 0 Å². The second kappa shape index (κ2) is 8.74. The molecule has 6 nitrogen and oxygen atoms in total. The third-order valence-corrected chi connectivity index (χ3v) is 5.91. The van der Waals surface area contributed by atoms with Crippen molar-refractivity contribution in [3.63, 3.8) is 0 Å². The van der Waals surface area contributed by atoms with Gasteiger partial charge in [-0.3, -0.25) is 4.79 Å². The maximum atomic E-state index is 13.0. The molecule has 146 valence electrons. The van der Waals surface area contributed by atoms with E-state index in [-0.39, 0.29) is 17.8 Å². The number of rotatable bonds is 6. The van der Waals surface area contributed by atoms with E-state index in [0.29, 0.717) is 11.0 Å². The molecule has 2 atom stereocenters. The van der Waals surface area contributed by atoms with Gasteiger partial charge in [-0.25, -0.2) is 9.07 Å². The lowest BCUT2D eigenvalue weighted by atomic mass is 10.1. The van der Waals surface area contributed by atoms with E-state index in [1.54, 1.807) is 19.1 Å². The summed E-state index contributed by atoms with van der Waals surface area (Å²) in [5.74, 6) is 6.16. The van der Waals surface area contributed by atoms with Gasteiger partial charge in [-0.15, -0.1) is 10.2 Å². The molecule has 0 aliphatic carbocycles. The lowest BCUT2D eigenvalue weighted by Gasteiger charge is -2.17. The number of hydrogen-bond acceptors (Lipinski definition) is 5. The van der Waals surface area contributed by atoms with Gasteiger partial charge in [0.2, 0.25) is 11.1 Å². The summed E-state index contributed by atoms with van der Waals surface area (Å²) in [6.45, 7) is 3.61. The number of halogens is 2. The summed E-state index contributed by atoms with van der Waals surface area (Å²) in [4.78, 5) is 12.5. The van der Waals surface area contributed by atoms with Crippen LogP contribution in [0.25, 0.3) is 11.4 Å². The summed E-state index contributed by atoms with van der Waals surface area (Å²) in [6.07, 6.45) is 0. The first-order valence-corrected chi connectivity index (χ1v) is 10.2. The average Bonchev–Trinajstić information content (AvgIpc) is 3.03. The molecule has 2 unspecified atom stereocenters. The van der Waals surface area contributed by atoms with Crippen LogP contribution >= 0.6 is 27.7 Å². The predicted molar refractivity (Wildman–Crippen MR) is 112 cm³/mol. The minimum absolute atomic E-state index is 0.174. The monoisotopic (exact) mass is 463 g/mol. The predicted octanol–water partition coefficient (Wildman–Crippen LogP) is 3.92. The molecule has 2 aromatic carbocycles. The Kier molecular flexibility index (Phi) is 6.35. The zero-order valence-electron chi connectivity index (χ0n) is 15.3. The number of thioether (sulfide) groups is 1. The van der Waals surface area contributed by atoms with Gasteiger partial charge in [-0.1, -0.05) is 52.0 Å². The van der Waals surface area contributed by atoms with Crippen molar-refractivity contribution >= 4 is 33.6 Å². The van der Waals surface area contributed by atoms with E-state index < -0.39 is 5.25 Å². The van der Waals surface area contributed by atoms with E-state index in [1.807, 2.05) is 31.2 Å². The highest BCUT2D eigenvalue weighted by molar-refractivity contribution is 9.10. The fourth-order valence-electron chi connectivity index (χ4n) is 2.56. The van der Waals surface area contributed by atoms with Crippen LogP contribution in [0, 0.1) is 5.82 Å². The fraction of sp³-hybridized carbons (Fsp3) is 0.211. The molecule has 0 spiro atoms. The highest BCUT2D eigenvalue weighted by atomic mass is 79.9. The van der Waals surface area contributed by atoms with Crippen molar-refractivity contribution in [2.24, 2.45) is 0 Å². The number of carbonyl (C=O) groups excluding carboxylic acids is 1. The van der Waals surface area contributed by atoms with Crippen LogP contribution in [0.5, 0.6) is 0 Å². The number of hydrogen-bond donors (Lipinski definition) is 2. The second-order valence-electron chi connectivity index (χ2n) is 6.20. The first-order valence-electron chi connectivity index (χ1n) is 8.54. The smallest absolute Gasteiger partial charge is 0.233 e. The number of nitrogens with zero attached hydrogens (tertiary/aromatic N) is 3. The molecule has 0 bridgehead atoms. The number of nitrogens with one attached hydrogen (secondary N) is 1. The number of nitrogen functional groups attached to an aromatic ring is 1. The number of amides is 1. The van der Waals surface area contributed by atoms with E-state index >= 15 is 0 Å². The Morgan fingerprint density at radius 1 is 1.18 bits per heavy atom. The zero-order chi connectivity index (χ0) is 20.3. The van der Waals surface area contributed by atoms with Crippen LogP contribution in [-0.2, 0) is 4.79 Å². The second-order valence-corrected chi connectivity index (χ2v) is 8.36. The number of nitrogens with two attached hydrogens (primary N) is 1. The van der Waals surface area contributed by atoms with Crippen molar-refractivity contribution in [3.05, 3.63) is 64.4 Å². The Hall–Kier alpha value is -2.39. The first kappa shape index (κ1) is 20.3. The Labute approximate surface area is 174 Å². The summed E-state index contributed by atoms with van der Waals surface area (Å²) in [5, 5.41) is 11.2. The lowest BCUT2D eigenvalue weighted by molar-refractivity contribution is -0.120. The van der Waals surface area contributed by atoms with E-state index in [9.17, 15) is 9.18 Å². The van der Waals surface area contributed by atoms with Gasteiger partial charge < -0.3 is 11.2 Å². The highest BCUT2D eigenvalue weighted by Gasteiger charge is 2.22. The highest BCUT2D eigenvalue weighted by Crippen LogP contribution is 2.29. The lowest BCUT2D eigenvalue weighted by Crippen LogP contribution is -2.33. The third-order valence-electron chi connectivity index (χ3n) is 4.16. The maximum absolute atomic E-state index is 13.0. The van der Waals surface area contributed by atoms with Crippen molar-refractivity contribution in [3.8, 4) is 11.4 Å². The van der Waals surface area contributed by atoms with Crippen LogP contribution in [0.1, 0.15) is 25.5 Å². The quantitative estimate of drug-likeness (QED) is 0.427. The summed E-state index contributed by atoms with van der Waals surface area (Å²) in [7, 11) is 0. The SMILES string of the molecule is CC(Sc1nnc(-c2ccccc2Br)n1N)C(=O)NC(C)c1ccc(F)cc1. The van der Waals surface area contributed by atoms with Gasteiger partial charge in [0.15, 0.2) is 5.82 Å². The summed E-state index contributed by atoms with van der Waals surface area (Å²) < 4.78 is 15.3. The standard InChI is InChI=1S/C19H19BrFN5OS/c1-11(13-7-9-14(21)10-8-13)23-18(27)12(2)28-19-25-24-17(26(19)22)15-5-3-4-6-16(15)20/h3-12H,22H2,1-2H3,(H,23,27). The molecule has 3 rings (SSSR count). The van der Waals surface area contributed by atoms with Gasteiger partial charge in [0.1, 0.15) is 5.82 Å². The van der Waals surface area contributed by atoms with Crippen molar-refractivity contribution in [2.75, 3.05) is 5.84 Å². The summed E-state index contributed by atoms with van der Waals surface area (Å²) >= 11 is 4.69. The van der Waals surface area contributed by atoms with Crippen molar-refractivity contribution in [1.29, 1.82) is 0 Å². The van der Waals surface area contributed by atoms with Crippen LogP contribution < -0.4 is 11.2 Å². The minimum atomic E-state index is -0.443. The average molecular weight is 464 g/mol. The number of carbonyl (C=O) groups is 1. The van der Waals surface area contributed by atoms with Crippen molar-refractivity contribution < 1.29 is 9.18 Å². The molecule has 1 heterocycles. The minimum Gasteiger partial charge on any atom is -0.349 e. The van der Waals surface area contributed by atoms with E-state index in [4.69, 9.17) is 5.84 Å². The van der Waals surface area contributed by atoms with Gasteiger partial charge in [-0.2, -0.15) is 0 Å². The molecule has 0 aliphatic heterocycles. The number of aromatic nitrogens is 3. The molecule has 9 heteroatoms. The summed E-state index contributed by atoms with van der Waals surface area (Å²) in [5.41, 5.74) is 1.64. The van der Waals surface area contributed by atoms with Crippen molar-refractivity contribution in [2.45, 2.75) is 30.3 Å². The van der Waals surface area contributed by atoms with Gasteiger partial charge in [-0.05, 0) is 43.7 Å². The van der Waals surface area contributed by atoms with Gasteiger partial charge in [0.25, 0.3) is 0 Å². The largest absolute Gasteiger partial charge is 0.349 e. The van der Waals surface area contributed by atoms with E-state index in [2.05, 4.69) is 31.4 Å². The van der Waals surface area contributed by atoms with Crippen LogP contribution in [0.4, 0.5) is 4.39 Å². The Bertz CT molecular complexity index is 979. The van der Waals surface area contributed by atoms with Crippen LogP contribution in [0.3, 0.4) is 0 Å². The molecule has 3 aromatic rings. The molecular weight excluding hydrogens is 445 g/mol. The van der Waals surface area contributed by atoms with Gasteiger partial charge in [0.05, 0.1) is 11.3 Å². The molecule has 3 N–H and O–H groups in total. The number of benzene rings is 2. The topological polar surface area (TPSA) is 85.8 Å². The molecule has 0 saturated heterocycles. The summed E-state index contributed by atoms with van der Waals surface area (Å²) in [6, 6.07) is 13.4. The molecular formula is C19H19BrFN5OS. The Morgan fingerprint density at radius 2 is 1.86 bits per heavy atom. The van der Waals surface area contributed by atoms with Crippen LogP contribution in [0.15, 0.2) is 58.2 Å². The maximum Gasteiger partial charge on any atom is 0.233 e. The van der Waals surface area contributed by atoms with Crippen LogP contribution in [-0.4, -0.2) is 26.0 Å². The third kappa shape index (κ3) is 4.53. The molecule has 1 aromatic heterocycles. The zero-order valence-corrected chi connectivity index (χ0v) is 17.7. The molecule has 0 radical (unpaired) electrons. The van der Waals surface area contributed by atoms with Crippen molar-refractivity contribution in [1.82, 2.24) is 20.2 Å².